The molecule has 0 saturated heterocycles. The molecule has 0 saturated carbocycles. The molecule has 0 radical (unpaired) electrons. The van der Waals surface area contributed by atoms with Gasteiger partial charge in [-0.2, -0.15) is 0 Å². The standard InChI is InChI=1S/C19H17NO4/c1-19(2)7-6-11-15(24-19)9-14(22)16-17(11)20(3)13-5-4-10(21)8-12(13)18(16)23/h4-9,21-22H,1-3H3. The van der Waals surface area contributed by atoms with Gasteiger partial charge in [-0.3, -0.25) is 4.79 Å². The van der Waals surface area contributed by atoms with Gasteiger partial charge in [-0.25, -0.2) is 0 Å². The summed E-state index contributed by atoms with van der Waals surface area (Å²) in [6.45, 7) is 3.85. The summed E-state index contributed by atoms with van der Waals surface area (Å²) in [6.07, 6.45) is 3.85. The Morgan fingerprint density at radius 1 is 1.17 bits per heavy atom. The number of phenols is 2. The summed E-state index contributed by atoms with van der Waals surface area (Å²) in [7, 11) is 1.83. The number of ether oxygens (including phenoxy) is 1. The molecule has 4 rings (SSSR count). The molecule has 0 unspecified atom stereocenters. The Bertz CT molecular complexity index is 1110. The largest absolute Gasteiger partial charge is 0.508 e. The minimum absolute atomic E-state index is 0.0152. The fourth-order valence-electron chi connectivity index (χ4n) is 3.32. The average molecular weight is 323 g/mol. The van der Waals surface area contributed by atoms with E-state index in [4.69, 9.17) is 4.74 Å². The van der Waals surface area contributed by atoms with E-state index in [2.05, 4.69) is 0 Å². The average Bonchev–Trinajstić information content (AvgIpc) is 2.50. The maximum atomic E-state index is 12.9. The van der Waals surface area contributed by atoms with Crippen LogP contribution in [0.5, 0.6) is 17.2 Å². The molecule has 2 aromatic carbocycles. The fourth-order valence-corrected chi connectivity index (χ4v) is 3.32. The van der Waals surface area contributed by atoms with Crippen molar-refractivity contribution in [2.24, 2.45) is 7.05 Å². The molecule has 0 amide bonds. The van der Waals surface area contributed by atoms with Gasteiger partial charge in [0.05, 0.1) is 21.8 Å². The summed E-state index contributed by atoms with van der Waals surface area (Å²) >= 11 is 0. The van der Waals surface area contributed by atoms with E-state index in [1.165, 1.54) is 18.2 Å². The van der Waals surface area contributed by atoms with Gasteiger partial charge in [0, 0.05) is 18.7 Å². The van der Waals surface area contributed by atoms with E-state index in [9.17, 15) is 15.0 Å². The van der Waals surface area contributed by atoms with Crippen molar-refractivity contribution in [2.45, 2.75) is 19.4 Å². The Kier molecular flexibility index (Phi) is 2.77. The first-order valence-corrected chi connectivity index (χ1v) is 7.68. The number of hydrogen-bond donors (Lipinski definition) is 2. The number of aromatic nitrogens is 1. The summed E-state index contributed by atoms with van der Waals surface area (Å²) in [5.74, 6) is 0.433. The van der Waals surface area contributed by atoms with Crippen LogP contribution in [0.15, 0.2) is 35.1 Å². The molecule has 5 heteroatoms. The second-order valence-electron chi connectivity index (χ2n) is 6.66. The summed E-state index contributed by atoms with van der Waals surface area (Å²) in [5.41, 5.74) is 1.26. The van der Waals surface area contributed by atoms with E-state index in [0.717, 1.165) is 5.56 Å². The van der Waals surface area contributed by atoms with Gasteiger partial charge in [0.2, 0.25) is 5.43 Å². The summed E-state index contributed by atoms with van der Waals surface area (Å²) in [6, 6.07) is 6.14. The molecule has 2 N–H and O–H groups in total. The SMILES string of the molecule is Cn1c2ccc(O)cc2c(=O)c2c(O)cc3c(c21)C=CC(C)(C)O3. The number of benzene rings is 2. The molecule has 0 aliphatic carbocycles. The van der Waals surface area contributed by atoms with Crippen LogP contribution in [0, 0.1) is 0 Å². The molecule has 2 heterocycles. The Hall–Kier alpha value is -2.95. The van der Waals surface area contributed by atoms with E-state index in [1.54, 1.807) is 6.07 Å². The predicted octanol–water partition coefficient (Wildman–Crippen LogP) is 3.29. The number of aromatic hydroxyl groups is 2. The maximum Gasteiger partial charge on any atom is 0.201 e. The molecule has 1 aromatic heterocycles. The lowest BCUT2D eigenvalue weighted by atomic mass is 9.98. The fraction of sp³-hybridized carbons (Fsp3) is 0.211. The molecule has 5 nitrogen and oxygen atoms in total. The van der Waals surface area contributed by atoms with Crippen LogP contribution in [0.3, 0.4) is 0 Å². The van der Waals surface area contributed by atoms with Gasteiger partial charge in [0.1, 0.15) is 22.8 Å². The van der Waals surface area contributed by atoms with Crippen LogP contribution in [-0.4, -0.2) is 20.4 Å². The quantitative estimate of drug-likeness (QED) is 0.623. The van der Waals surface area contributed by atoms with E-state index < -0.39 is 5.60 Å². The van der Waals surface area contributed by atoms with Crippen molar-refractivity contribution in [1.29, 1.82) is 0 Å². The van der Waals surface area contributed by atoms with Gasteiger partial charge in [-0.05, 0) is 44.2 Å². The van der Waals surface area contributed by atoms with E-state index in [-0.39, 0.29) is 22.3 Å². The third-order valence-corrected chi connectivity index (χ3v) is 4.45. The van der Waals surface area contributed by atoms with Crippen molar-refractivity contribution in [2.75, 3.05) is 0 Å². The second kappa shape index (κ2) is 4.54. The van der Waals surface area contributed by atoms with Gasteiger partial charge in [0.15, 0.2) is 0 Å². The van der Waals surface area contributed by atoms with E-state index in [1.807, 2.05) is 37.6 Å². The number of hydrogen-bond acceptors (Lipinski definition) is 4. The van der Waals surface area contributed by atoms with Crippen molar-refractivity contribution < 1.29 is 14.9 Å². The number of rotatable bonds is 0. The van der Waals surface area contributed by atoms with Gasteiger partial charge in [-0.1, -0.05) is 0 Å². The van der Waals surface area contributed by atoms with Crippen LogP contribution < -0.4 is 10.2 Å². The van der Waals surface area contributed by atoms with Gasteiger partial charge < -0.3 is 19.5 Å². The highest BCUT2D eigenvalue weighted by atomic mass is 16.5. The topological polar surface area (TPSA) is 71.7 Å². The Morgan fingerprint density at radius 3 is 2.67 bits per heavy atom. The minimum Gasteiger partial charge on any atom is -0.508 e. The molecule has 3 aromatic rings. The Balaban J connectivity index is 2.25. The van der Waals surface area contributed by atoms with Crippen LogP contribution in [0.4, 0.5) is 0 Å². The molecular weight excluding hydrogens is 306 g/mol. The third kappa shape index (κ3) is 1.91. The van der Waals surface area contributed by atoms with Crippen molar-refractivity contribution in [1.82, 2.24) is 4.57 Å². The summed E-state index contributed by atoms with van der Waals surface area (Å²) in [5, 5.41) is 20.7. The molecular formula is C19H17NO4. The zero-order valence-electron chi connectivity index (χ0n) is 13.6. The molecule has 1 aliphatic rings. The number of aryl methyl sites for hydroxylation is 1. The van der Waals surface area contributed by atoms with Crippen LogP contribution in [-0.2, 0) is 7.05 Å². The Morgan fingerprint density at radius 2 is 1.92 bits per heavy atom. The maximum absolute atomic E-state index is 12.9. The molecule has 122 valence electrons. The van der Waals surface area contributed by atoms with Gasteiger partial charge in [0.25, 0.3) is 0 Å². The van der Waals surface area contributed by atoms with Crippen LogP contribution in [0.1, 0.15) is 19.4 Å². The molecule has 0 bridgehead atoms. The molecule has 0 spiro atoms. The molecule has 1 aliphatic heterocycles. The van der Waals surface area contributed by atoms with Crippen molar-refractivity contribution in [3.8, 4) is 17.2 Å². The second-order valence-corrected chi connectivity index (χ2v) is 6.66. The number of fused-ring (bicyclic) bond motifs is 4. The predicted molar refractivity (Wildman–Crippen MR) is 93.8 cm³/mol. The van der Waals surface area contributed by atoms with Crippen LogP contribution in [0.2, 0.25) is 0 Å². The van der Waals surface area contributed by atoms with Gasteiger partial charge >= 0.3 is 0 Å². The molecule has 0 fully saturated rings. The lowest BCUT2D eigenvalue weighted by Crippen LogP contribution is -2.28. The number of nitrogens with zero attached hydrogens (tertiary/aromatic N) is 1. The smallest absolute Gasteiger partial charge is 0.201 e. The molecule has 24 heavy (non-hydrogen) atoms. The number of pyridine rings is 1. The number of phenolic OH excluding ortho intramolecular Hbond substituents is 2. The highest BCUT2D eigenvalue weighted by Gasteiger charge is 2.26. The lowest BCUT2D eigenvalue weighted by molar-refractivity contribution is 0.159. The van der Waals surface area contributed by atoms with E-state index >= 15 is 0 Å². The lowest BCUT2D eigenvalue weighted by Gasteiger charge is -2.29. The first-order chi connectivity index (χ1) is 11.3. The van der Waals surface area contributed by atoms with Gasteiger partial charge in [-0.15, -0.1) is 0 Å². The summed E-state index contributed by atoms with van der Waals surface area (Å²) < 4.78 is 7.78. The zero-order chi connectivity index (χ0) is 17.2. The van der Waals surface area contributed by atoms with Crippen molar-refractivity contribution in [3.63, 3.8) is 0 Å². The normalized spacial score (nSPS) is 15.5. The van der Waals surface area contributed by atoms with Crippen LogP contribution >= 0.6 is 0 Å². The third-order valence-electron chi connectivity index (χ3n) is 4.45. The highest BCUT2D eigenvalue weighted by molar-refractivity contribution is 6.02. The first-order valence-electron chi connectivity index (χ1n) is 7.68. The van der Waals surface area contributed by atoms with Crippen molar-refractivity contribution in [3.05, 3.63) is 46.1 Å². The monoisotopic (exact) mass is 323 g/mol. The summed E-state index contributed by atoms with van der Waals surface area (Å²) in [4.78, 5) is 12.9. The van der Waals surface area contributed by atoms with Crippen molar-refractivity contribution >= 4 is 27.9 Å². The minimum atomic E-state index is -0.478. The Labute approximate surface area is 138 Å². The van der Waals surface area contributed by atoms with Crippen LogP contribution in [0.25, 0.3) is 27.9 Å². The first kappa shape index (κ1) is 14.6. The highest BCUT2D eigenvalue weighted by Crippen LogP contribution is 2.40. The van der Waals surface area contributed by atoms with E-state index in [0.29, 0.717) is 22.2 Å². The molecule has 0 atom stereocenters. The zero-order valence-corrected chi connectivity index (χ0v) is 13.6.